The number of nitrogens with zero attached hydrogens (tertiary/aromatic N) is 2. The van der Waals surface area contributed by atoms with E-state index < -0.39 is 0 Å². The lowest BCUT2D eigenvalue weighted by Crippen LogP contribution is -2.18. The first-order chi connectivity index (χ1) is 9.11. The van der Waals surface area contributed by atoms with Crippen molar-refractivity contribution >= 4 is 15.9 Å². The molecule has 0 saturated heterocycles. The third-order valence-corrected chi connectivity index (χ3v) is 3.80. The van der Waals surface area contributed by atoms with E-state index in [0.29, 0.717) is 10.0 Å². The molecule has 0 amide bonds. The highest BCUT2D eigenvalue weighted by Gasteiger charge is 2.15. The van der Waals surface area contributed by atoms with Gasteiger partial charge in [0, 0.05) is 24.8 Å². The average Bonchev–Trinajstić information content (AvgIpc) is 2.81. The molecule has 0 radical (unpaired) electrons. The normalized spacial score (nSPS) is 12.6. The highest BCUT2D eigenvalue weighted by atomic mass is 79.9. The van der Waals surface area contributed by atoms with E-state index in [1.54, 1.807) is 10.7 Å². The largest absolute Gasteiger partial charge is 0.313 e. The molecule has 0 spiro atoms. The summed E-state index contributed by atoms with van der Waals surface area (Å²) < 4.78 is 16.4. The van der Waals surface area contributed by atoms with E-state index in [-0.39, 0.29) is 11.9 Å². The number of benzene rings is 1. The molecule has 102 valence electrons. The molecule has 0 saturated carbocycles. The molecule has 19 heavy (non-hydrogen) atoms. The fraction of sp³-hybridized carbons (Fsp3) is 0.357. The van der Waals surface area contributed by atoms with Gasteiger partial charge in [-0.25, -0.2) is 4.39 Å². The Morgan fingerprint density at radius 3 is 2.89 bits per heavy atom. The Bertz CT molecular complexity index is 553. The van der Waals surface area contributed by atoms with Gasteiger partial charge >= 0.3 is 0 Å². The van der Waals surface area contributed by atoms with Crippen molar-refractivity contribution in [2.45, 2.75) is 18.9 Å². The maximum Gasteiger partial charge on any atom is 0.142 e. The summed E-state index contributed by atoms with van der Waals surface area (Å²) in [5, 5.41) is 7.31. The molecule has 1 heterocycles. The molecular weight excluding hydrogens is 309 g/mol. The summed E-state index contributed by atoms with van der Waals surface area (Å²) in [6.45, 7) is 0. The molecular formula is C14H17BrFN3. The van der Waals surface area contributed by atoms with Crippen molar-refractivity contribution in [3.63, 3.8) is 0 Å². The first kappa shape index (κ1) is 14.2. The minimum atomic E-state index is -0.187. The highest BCUT2D eigenvalue weighted by Crippen LogP contribution is 2.26. The van der Waals surface area contributed by atoms with Gasteiger partial charge in [-0.3, -0.25) is 4.68 Å². The van der Waals surface area contributed by atoms with E-state index in [9.17, 15) is 4.39 Å². The van der Waals surface area contributed by atoms with Crippen LogP contribution in [0.25, 0.3) is 0 Å². The summed E-state index contributed by atoms with van der Waals surface area (Å²) in [5.41, 5.74) is 1.86. The number of aromatic nitrogens is 2. The smallest absolute Gasteiger partial charge is 0.142 e. The van der Waals surface area contributed by atoms with Crippen LogP contribution in [0.4, 0.5) is 4.39 Å². The number of rotatable bonds is 5. The second-order valence-electron chi connectivity index (χ2n) is 4.55. The predicted molar refractivity (Wildman–Crippen MR) is 77.4 cm³/mol. The molecule has 2 rings (SSSR count). The summed E-state index contributed by atoms with van der Waals surface area (Å²) in [6, 6.07) is 5.39. The maximum atomic E-state index is 14.1. The van der Waals surface area contributed by atoms with Crippen molar-refractivity contribution < 1.29 is 4.39 Å². The van der Waals surface area contributed by atoms with Crippen LogP contribution in [0.3, 0.4) is 0 Å². The van der Waals surface area contributed by atoms with Crippen LogP contribution in [-0.4, -0.2) is 16.8 Å². The Kier molecular flexibility index (Phi) is 4.71. The minimum absolute atomic E-state index is 0.00212. The van der Waals surface area contributed by atoms with Gasteiger partial charge in [-0.05, 0) is 47.4 Å². The van der Waals surface area contributed by atoms with Crippen molar-refractivity contribution in [3.8, 4) is 0 Å². The molecule has 1 aromatic heterocycles. The molecule has 0 fully saturated rings. The summed E-state index contributed by atoms with van der Waals surface area (Å²) in [6.07, 6.45) is 5.54. The third kappa shape index (κ3) is 3.42. The molecule has 5 heteroatoms. The fourth-order valence-corrected chi connectivity index (χ4v) is 2.54. The van der Waals surface area contributed by atoms with Crippen molar-refractivity contribution in [2.24, 2.45) is 7.05 Å². The predicted octanol–water partition coefficient (Wildman–Crippen LogP) is 3.22. The molecule has 0 aliphatic heterocycles. The summed E-state index contributed by atoms with van der Waals surface area (Å²) in [5.74, 6) is -0.187. The van der Waals surface area contributed by atoms with Crippen molar-refractivity contribution in [1.29, 1.82) is 0 Å². The maximum absolute atomic E-state index is 14.1. The number of hydrogen-bond acceptors (Lipinski definition) is 2. The lowest BCUT2D eigenvalue weighted by Gasteiger charge is -2.17. The monoisotopic (exact) mass is 325 g/mol. The molecule has 1 N–H and O–H groups in total. The zero-order chi connectivity index (χ0) is 13.8. The summed E-state index contributed by atoms with van der Waals surface area (Å²) >= 11 is 3.23. The molecule has 1 atom stereocenters. The minimum Gasteiger partial charge on any atom is -0.313 e. The van der Waals surface area contributed by atoms with Crippen LogP contribution >= 0.6 is 15.9 Å². The molecule has 0 aliphatic rings. The van der Waals surface area contributed by atoms with E-state index in [1.807, 2.05) is 38.6 Å². The van der Waals surface area contributed by atoms with E-state index in [2.05, 4.69) is 26.3 Å². The standard InChI is InChI=1S/C14H17BrFN3/c1-17-13(7-6-10-8-18-19(2)9-10)11-4-3-5-12(15)14(11)16/h3-5,8-9,13,17H,6-7H2,1-2H3. The van der Waals surface area contributed by atoms with Crippen LogP contribution in [0.15, 0.2) is 35.1 Å². The highest BCUT2D eigenvalue weighted by molar-refractivity contribution is 9.10. The van der Waals surface area contributed by atoms with E-state index in [0.717, 1.165) is 18.4 Å². The van der Waals surface area contributed by atoms with E-state index in [1.165, 1.54) is 0 Å². The number of nitrogens with one attached hydrogen (secondary N) is 1. The SMILES string of the molecule is CNC(CCc1cnn(C)c1)c1cccc(Br)c1F. The Labute approximate surface area is 121 Å². The molecule has 2 aromatic rings. The van der Waals surface area contributed by atoms with E-state index >= 15 is 0 Å². The Hall–Kier alpha value is -1.20. The van der Waals surface area contributed by atoms with Gasteiger partial charge in [0.15, 0.2) is 0 Å². The molecule has 1 aromatic carbocycles. The number of halogens is 2. The third-order valence-electron chi connectivity index (χ3n) is 3.19. The van der Waals surface area contributed by atoms with Gasteiger partial charge in [-0.1, -0.05) is 12.1 Å². The topological polar surface area (TPSA) is 29.9 Å². The number of hydrogen-bond donors (Lipinski definition) is 1. The van der Waals surface area contributed by atoms with E-state index in [4.69, 9.17) is 0 Å². The average molecular weight is 326 g/mol. The van der Waals surface area contributed by atoms with Gasteiger partial charge in [0.1, 0.15) is 5.82 Å². The zero-order valence-electron chi connectivity index (χ0n) is 11.0. The first-order valence-electron chi connectivity index (χ1n) is 6.20. The molecule has 3 nitrogen and oxygen atoms in total. The first-order valence-corrected chi connectivity index (χ1v) is 7.00. The molecule has 1 unspecified atom stereocenters. The van der Waals surface area contributed by atoms with Crippen LogP contribution in [0.1, 0.15) is 23.6 Å². The Morgan fingerprint density at radius 2 is 2.26 bits per heavy atom. The second kappa shape index (κ2) is 6.30. The quantitative estimate of drug-likeness (QED) is 0.914. The van der Waals surface area contributed by atoms with Gasteiger partial charge < -0.3 is 5.32 Å². The Balaban J connectivity index is 2.09. The number of aryl methyl sites for hydroxylation is 2. The molecule has 0 bridgehead atoms. The van der Waals surface area contributed by atoms with Crippen molar-refractivity contribution in [1.82, 2.24) is 15.1 Å². The Morgan fingerprint density at radius 1 is 1.47 bits per heavy atom. The lowest BCUT2D eigenvalue weighted by molar-refractivity contribution is 0.506. The fourth-order valence-electron chi connectivity index (χ4n) is 2.16. The van der Waals surface area contributed by atoms with Gasteiger partial charge in [-0.2, -0.15) is 5.10 Å². The van der Waals surface area contributed by atoms with Gasteiger partial charge in [0.05, 0.1) is 10.7 Å². The van der Waals surface area contributed by atoms with Gasteiger partial charge in [0.2, 0.25) is 0 Å². The van der Waals surface area contributed by atoms with Crippen LogP contribution in [0.5, 0.6) is 0 Å². The van der Waals surface area contributed by atoms with Crippen LogP contribution in [0, 0.1) is 5.82 Å². The van der Waals surface area contributed by atoms with Gasteiger partial charge in [-0.15, -0.1) is 0 Å². The lowest BCUT2D eigenvalue weighted by atomic mass is 10.00. The van der Waals surface area contributed by atoms with Crippen LogP contribution < -0.4 is 5.32 Å². The summed E-state index contributed by atoms with van der Waals surface area (Å²) in [4.78, 5) is 0. The molecule has 0 aliphatic carbocycles. The van der Waals surface area contributed by atoms with Crippen LogP contribution in [0.2, 0.25) is 0 Å². The van der Waals surface area contributed by atoms with Crippen molar-refractivity contribution in [2.75, 3.05) is 7.05 Å². The van der Waals surface area contributed by atoms with Crippen LogP contribution in [-0.2, 0) is 13.5 Å². The van der Waals surface area contributed by atoms with Gasteiger partial charge in [0.25, 0.3) is 0 Å². The second-order valence-corrected chi connectivity index (χ2v) is 5.40. The zero-order valence-corrected chi connectivity index (χ0v) is 12.6. The van der Waals surface area contributed by atoms with Crippen molar-refractivity contribution in [3.05, 3.63) is 52.0 Å². The summed E-state index contributed by atoms with van der Waals surface area (Å²) in [7, 11) is 3.75.